The van der Waals surface area contributed by atoms with E-state index in [1.165, 1.54) is 0 Å². The van der Waals surface area contributed by atoms with E-state index in [1.807, 2.05) is 6.92 Å². The van der Waals surface area contributed by atoms with E-state index in [0.717, 1.165) is 6.42 Å². The van der Waals surface area contributed by atoms with Gasteiger partial charge in [-0.15, -0.1) is 0 Å². The van der Waals surface area contributed by atoms with Crippen LogP contribution in [0.3, 0.4) is 0 Å². The SMILES string of the molecule is CCOc1cc2c(cc1C#N)[C@H](N1CCCC1=O)[C@@H](O)C(C)(C)O2. The van der Waals surface area contributed by atoms with Crippen molar-refractivity contribution in [3.05, 3.63) is 23.3 Å². The van der Waals surface area contributed by atoms with Crippen molar-refractivity contribution in [1.29, 1.82) is 5.26 Å². The van der Waals surface area contributed by atoms with E-state index in [-0.39, 0.29) is 5.91 Å². The second kappa shape index (κ2) is 5.99. The predicted molar refractivity (Wildman–Crippen MR) is 86.7 cm³/mol. The number of likely N-dealkylation sites (tertiary alicyclic amines) is 1. The second-order valence-electron chi connectivity index (χ2n) is 6.72. The zero-order chi connectivity index (χ0) is 17.5. The molecule has 2 aliphatic rings. The van der Waals surface area contributed by atoms with Crippen LogP contribution in [0, 0.1) is 11.3 Å². The summed E-state index contributed by atoms with van der Waals surface area (Å²) < 4.78 is 11.5. The fourth-order valence-corrected chi connectivity index (χ4v) is 3.46. The lowest BCUT2D eigenvalue weighted by Gasteiger charge is -2.45. The van der Waals surface area contributed by atoms with Gasteiger partial charge in [-0.25, -0.2) is 0 Å². The standard InChI is InChI=1S/C18H22N2O4/c1-4-23-13-9-14-12(8-11(13)10-19)16(17(22)18(2,3)24-14)20-7-5-6-15(20)21/h8-9,16-17,22H,4-7H2,1-3H3/t16-,17+/m0/s1. The first-order valence-electron chi connectivity index (χ1n) is 8.26. The maximum absolute atomic E-state index is 12.2. The second-order valence-corrected chi connectivity index (χ2v) is 6.72. The largest absolute Gasteiger partial charge is 0.492 e. The maximum Gasteiger partial charge on any atom is 0.223 e. The molecule has 1 amide bonds. The Labute approximate surface area is 141 Å². The highest BCUT2D eigenvalue weighted by molar-refractivity contribution is 5.79. The molecule has 0 aromatic heterocycles. The molecule has 2 aliphatic heterocycles. The third kappa shape index (κ3) is 2.59. The van der Waals surface area contributed by atoms with Gasteiger partial charge in [0.15, 0.2) is 0 Å². The number of hydrogen-bond acceptors (Lipinski definition) is 5. The Hall–Kier alpha value is -2.26. The van der Waals surface area contributed by atoms with Crippen LogP contribution in [0.2, 0.25) is 0 Å². The number of nitriles is 1. The van der Waals surface area contributed by atoms with E-state index in [4.69, 9.17) is 9.47 Å². The van der Waals surface area contributed by atoms with Gasteiger partial charge < -0.3 is 19.5 Å². The number of amides is 1. The number of nitrogens with zero attached hydrogens (tertiary/aromatic N) is 2. The van der Waals surface area contributed by atoms with E-state index in [1.54, 1.807) is 30.9 Å². The first-order chi connectivity index (χ1) is 11.4. The molecular formula is C18H22N2O4. The number of benzene rings is 1. The number of ether oxygens (including phenoxy) is 2. The van der Waals surface area contributed by atoms with E-state index < -0.39 is 17.7 Å². The highest BCUT2D eigenvalue weighted by Crippen LogP contribution is 2.46. The summed E-state index contributed by atoms with van der Waals surface area (Å²) in [6.45, 7) is 6.49. The highest BCUT2D eigenvalue weighted by Gasteiger charge is 2.47. The van der Waals surface area contributed by atoms with E-state index in [9.17, 15) is 15.2 Å². The minimum absolute atomic E-state index is 0.0232. The molecule has 0 spiro atoms. The van der Waals surface area contributed by atoms with Crippen LogP contribution in [0.15, 0.2) is 12.1 Å². The molecule has 6 heteroatoms. The van der Waals surface area contributed by atoms with Crippen LogP contribution in [0.4, 0.5) is 0 Å². The Morgan fingerprint density at radius 1 is 1.50 bits per heavy atom. The van der Waals surface area contributed by atoms with Crippen molar-refractivity contribution in [2.75, 3.05) is 13.2 Å². The number of hydrogen-bond donors (Lipinski definition) is 1. The molecule has 0 bridgehead atoms. The molecular weight excluding hydrogens is 308 g/mol. The zero-order valence-corrected chi connectivity index (χ0v) is 14.2. The van der Waals surface area contributed by atoms with Crippen LogP contribution in [-0.4, -0.2) is 40.8 Å². The van der Waals surface area contributed by atoms with Crippen LogP contribution in [0.5, 0.6) is 11.5 Å². The zero-order valence-electron chi connectivity index (χ0n) is 14.2. The monoisotopic (exact) mass is 330 g/mol. The van der Waals surface area contributed by atoms with Gasteiger partial charge in [-0.1, -0.05) is 0 Å². The predicted octanol–water partition coefficient (Wildman–Crippen LogP) is 2.15. The molecule has 2 atom stereocenters. The number of aliphatic hydroxyl groups excluding tert-OH is 1. The lowest BCUT2D eigenvalue weighted by Crippen LogP contribution is -2.53. The number of carbonyl (C=O) groups is 1. The van der Waals surface area contributed by atoms with Crippen molar-refractivity contribution < 1.29 is 19.4 Å². The summed E-state index contributed by atoms with van der Waals surface area (Å²) in [6.07, 6.45) is 0.388. The van der Waals surface area contributed by atoms with Crippen molar-refractivity contribution in [3.63, 3.8) is 0 Å². The van der Waals surface area contributed by atoms with Gasteiger partial charge in [0.25, 0.3) is 0 Å². The van der Waals surface area contributed by atoms with Crippen LogP contribution < -0.4 is 9.47 Å². The van der Waals surface area contributed by atoms with Crippen molar-refractivity contribution in [1.82, 2.24) is 4.90 Å². The van der Waals surface area contributed by atoms with Gasteiger partial charge in [-0.2, -0.15) is 5.26 Å². The van der Waals surface area contributed by atoms with Crippen molar-refractivity contribution in [2.45, 2.75) is 51.4 Å². The molecule has 1 fully saturated rings. The minimum Gasteiger partial charge on any atom is -0.492 e. The molecule has 1 saturated heterocycles. The average Bonchev–Trinajstić information content (AvgIpc) is 2.94. The lowest BCUT2D eigenvalue weighted by atomic mass is 9.85. The van der Waals surface area contributed by atoms with Crippen LogP contribution in [0.1, 0.15) is 50.8 Å². The topological polar surface area (TPSA) is 82.8 Å². The quantitative estimate of drug-likeness (QED) is 0.918. The maximum atomic E-state index is 12.2. The number of aliphatic hydroxyl groups is 1. The smallest absolute Gasteiger partial charge is 0.223 e. The van der Waals surface area contributed by atoms with E-state index >= 15 is 0 Å². The fraction of sp³-hybridized carbons (Fsp3) is 0.556. The Balaban J connectivity index is 2.14. The molecule has 1 aromatic carbocycles. The van der Waals surface area contributed by atoms with Crippen molar-refractivity contribution in [3.8, 4) is 17.6 Å². The summed E-state index contributed by atoms with van der Waals surface area (Å²) in [6, 6.07) is 4.98. The Kier molecular flexibility index (Phi) is 4.14. The molecule has 128 valence electrons. The molecule has 0 radical (unpaired) electrons. The summed E-state index contributed by atoms with van der Waals surface area (Å²) in [5, 5.41) is 20.2. The number of rotatable bonds is 3. The van der Waals surface area contributed by atoms with Gasteiger partial charge in [0.2, 0.25) is 5.91 Å². The Morgan fingerprint density at radius 2 is 2.25 bits per heavy atom. The van der Waals surface area contributed by atoms with Crippen LogP contribution in [0.25, 0.3) is 0 Å². The molecule has 6 nitrogen and oxygen atoms in total. The average molecular weight is 330 g/mol. The summed E-state index contributed by atoms with van der Waals surface area (Å²) in [7, 11) is 0. The third-order valence-corrected chi connectivity index (χ3v) is 4.68. The normalized spacial score (nSPS) is 25.0. The highest BCUT2D eigenvalue weighted by atomic mass is 16.5. The molecule has 2 heterocycles. The molecule has 24 heavy (non-hydrogen) atoms. The van der Waals surface area contributed by atoms with Gasteiger partial charge in [-0.05, 0) is 33.3 Å². The van der Waals surface area contributed by atoms with Crippen LogP contribution >= 0.6 is 0 Å². The van der Waals surface area contributed by atoms with Gasteiger partial charge in [0, 0.05) is 24.6 Å². The summed E-state index contributed by atoms with van der Waals surface area (Å²) in [4.78, 5) is 14.0. The first-order valence-corrected chi connectivity index (χ1v) is 8.26. The summed E-state index contributed by atoms with van der Waals surface area (Å²) in [5.41, 5.74) is 0.192. The summed E-state index contributed by atoms with van der Waals surface area (Å²) >= 11 is 0. The van der Waals surface area contributed by atoms with E-state index in [2.05, 4.69) is 6.07 Å². The van der Waals surface area contributed by atoms with E-state index in [0.29, 0.717) is 42.2 Å². The van der Waals surface area contributed by atoms with Gasteiger partial charge in [-0.3, -0.25) is 4.79 Å². The van der Waals surface area contributed by atoms with Crippen molar-refractivity contribution >= 4 is 5.91 Å². The summed E-state index contributed by atoms with van der Waals surface area (Å²) in [5.74, 6) is 1.03. The number of carbonyl (C=O) groups excluding carboxylic acids is 1. The molecule has 0 aliphatic carbocycles. The third-order valence-electron chi connectivity index (χ3n) is 4.68. The fourth-order valence-electron chi connectivity index (χ4n) is 3.46. The molecule has 1 aromatic rings. The Bertz CT molecular complexity index is 708. The first kappa shape index (κ1) is 16.6. The molecule has 0 saturated carbocycles. The number of fused-ring (bicyclic) bond motifs is 1. The van der Waals surface area contributed by atoms with Crippen LogP contribution in [-0.2, 0) is 4.79 Å². The van der Waals surface area contributed by atoms with Gasteiger partial charge in [0.1, 0.15) is 29.3 Å². The Morgan fingerprint density at radius 3 is 2.83 bits per heavy atom. The minimum atomic E-state index is -0.878. The van der Waals surface area contributed by atoms with Crippen molar-refractivity contribution in [2.24, 2.45) is 0 Å². The van der Waals surface area contributed by atoms with Gasteiger partial charge in [0.05, 0.1) is 18.2 Å². The lowest BCUT2D eigenvalue weighted by molar-refractivity contribution is -0.139. The van der Waals surface area contributed by atoms with Gasteiger partial charge >= 0.3 is 0 Å². The molecule has 1 N–H and O–H groups in total. The molecule has 3 rings (SSSR count). The molecule has 0 unspecified atom stereocenters.